The Kier molecular flexibility index (Phi) is 7.27. The zero-order valence-corrected chi connectivity index (χ0v) is 11.8. The van der Waals surface area contributed by atoms with Crippen molar-refractivity contribution in [3.05, 3.63) is 11.4 Å². The third-order valence-corrected chi connectivity index (χ3v) is 7.82. The van der Waals surface area contributed by atoms with E-state index in [2.05, 4.69) is 0 Å². The Morgan fingerprint density at radius 3 is 1.44 bits per heavy atom. The minimum absolute atomic E-state index is 0.238. The van der Waals surface area contributed by atoms with E-state index in [9.17, 15) is 15.3 Å². The Labute approximate surface area is 97.5 Å². The maximum atomic E-state index is 9.17. The second-order valence-electron chi connectivity index (χ2n) is 3.39. The quantitative estimate of drug-likeness (QED) is 0.467. The molecular formula is C8H20O6Si2. The van der Waals surface area contributed by atoms with Crippen LogP contribution in [0.25, 0.3) is 0 Å². The Morgan fingerprint density at radius 2 is 1.19 bits per heavy atom. The molecule has 0 saturated carbocycles. The van der Waals surface area contributed by atoms with E-state index in [1.165, 1.54) is 21.3 Å². The molecule has 0 fully saturated rings. The molecule has 0 unspecified atom stereocenters. The molecular weight excluding hydrogens is 248 g/mol. The van der Waals surface area contributed by atoms with Gasteiger partial charge in [-0.25, -0.2) is 0 Å². The lowest BCUT2D eigenvalue weighted by Crippen LogP contribution is -2.49. The Balaban J connectivity index is 4.88. The average Bonchev–Trinajstić information content (AvgIpc) is 2.37. The Bertz CT molecular complexity index is 176. The standard InChI is InChI=1S/C8H20O6Si2/c1-12-16(13-2,14-3)5-4-15(6-9,7-10)8-11/h4-5,9-11H,6-8H2,1-3H3. The van der Waals surface area contributed by atoms with Crippen LogP contribution in [0.3, 0.4) is 0 Å². The third kappa shape index (κ3) is 3.75. The summed E-state index contributed by atoms with van der Waals surface area (Å²) in [6.07, 6.45) is -0.714. The van der Waals surface area contributed by atoms with Crippen molar-refractivity contribution < 1.29 is 28.6 Å². The van der Waals surface area contributed by atoms with Crippen LogP contribution in [0.15, 0.2) is 11.4 Å². The van der Waals surface area contributed by atoms with Crippen LogP contribution in [0.4, 0.5) is 0 Å². The van der Waals surface area contributed by atoms with Crippen LogP contribution in [0, 0.1) is 0 Å². The lowest BCUT2D eigenvalue weighted by molar-refractivity contribution is 0.138. The number of aliphatic hydroxyl groups excluding tert-OH is 3. The van der Waals surface area contributed by atoms with Crippen LogP contribution in [0.2, 0.25) is 0 Å². The van der Waals surface area contributed by atoms with Gasteiger partial charge >= 0.3 is 8.80 Å². The molecule has 0 aliphatic rings. The van der Waals surface area contributed by atoms with Gasteiger partial charge in [0.05, 0.1) is 0 Å². The van der Waals surface area contributed by atoms with Crippen LogP contribution in [0.5, 0.6) is 0 Å². The van der Waals surface area contributed by atoms with Crippen molar-refractivity contribution in [2.24, 2.45) is 0 Å². The third-order valence-electron chi connectivity index (χ3n) is 2.44. The molecule has 0 radical (unpaired) electrons. The van der Waals surface area contributed by atoms with Crippen LogP contribution in [-0.2, 0) is 13.3 Å². The van der Waals surface area contributed by atoms with Crippen LogP contribution < -0.4 is 0 Å². The summed E-state index contributed by atoms with van der Waals surface area (Å²) in [6.45, 7) is 0. The summed E-state index contributed by atoms with van der Waals surface area (Å²) in [7, 11) is -1.06. The van der Waals surface area contributed by atoms with E-state index < -0.39 is 16.9 Å². The van der Waals surface area contributed by atoms with Crippen LogP contribution in [-0.4, -0.2) is 72.2 Å². The molecule has 8 heteroatoms. The number of rotatable bonds is 8. The minimum atomic E-state index is -2.86. The zero-order chi connectivity index (χ0) is 12.7. The smallest absolute Gasteiger partial charge is 0.399 e. The summed E-state index contributed by atoms with van der Waals surface area (Å²) in [5.74, 6) is 0. The van der Waals surface area contributed by atoms with E-state index in [0.717, 1.165) is 0 Å². The SMILES string of the molecule is CO[Si](C=C[Si](CO)(CO)CO)(OC)OC. The molecule has 3 N–H and O–H groups in total. The van der Waals surface area contributed by atoms with Gasteiger partial charge in [-0.15, -0.1) is 0 Å². The monoisotopic (exact) mass is 268 g/mol. The Hall–Kier alpha value is -0.0662. The molecule has 0 aromatic carbocycles. The molecule has 0 amide bonds. The highest BCUT2D eigenvalue weighted by Crippen LogP contribution is 2.11. The summed E-state index contributed by atoms with van der Waals surface area (Å²) in [6, 6.07) is 0. The fraction of sp³-hybridized carbons (Fsp3) is 0.750. The lowest BCUT2D eigenvalue weighted by Gasteiger charge is -2.24. The van der Waals surface area contributed by atoms with Crippen molar-refractivity contribution in [2.75, 3.05) is 40.0 Å². The van der Waals surface area contributed by atoms with Crippen molar-refractivity contribution in [3.8, 4) is 0 Å². The average molecular weight is 268 g/mol. The summed E-state index contributed by atoms with van der Waals surface area (Å²) >= 11 is 0. The van der Waals surface area contributed by atoms with E-state index in [0.29, 0.717) is 0 Å². The largest absolute Gasteiger partial charge is 0.528 e. The topological polar surface area (TPSA) is 88.4 Å². The fourth-order valence-corrected chi connectivity index (χ4v) is 4.80. The number of aliphatic hydroxyl groups is 3. The van der Waals surface area contributed by atoms with Crippen molar-refractivity contribution in [1.82, 2.24) is 0 Å². The molecule has 0 atom stereocenters. The highest BCUT2D eigenvalue weighted by Gasteiger charge is 2.37. The van der Waals surface area contributed by atoms with Gasteiger partial charge in [0.15, 0.2) is 8.07 Å². The molecule has 0 saturated heterocycles. The fourth-order valence-electron chi connectivity index (χ4n) is 1.04. The van der Waals surface area contributed by atoms with Crippen molar-refractivity contribution in [2.45, 2.75) is 0 Å². The van der Waals surface area contributed by atoms with Gasteiger partial charge in [-0.1, -0.05) is 5.70 Å². The maximum Gasteiger partial charge on any atom is 0.528 e. The molecule has 0 aromatic heterocycles. The van der Waals surface area contributed by atoms with E-state index in [1.807, 2.05) is 0 Å². The first-order valence-corrected chi connectivity index (χ1v) is 9.26. The molecule has 0 spiro atoms. The summed E-state index contributed by atoms with van der Waals surface area (Å²) in [4.78, 5) is 0. The van der Waals surface area contributed by atoms with E-state index in [4.69, 9.17) is 13.3 Å². The molecule has 96 valence electrons. The second kappa shape index (κ2) is 7.30. The van der Waals surface area contributed by atoms with Crippen molar-refractivity contribution >= 4 is 16.9 Å². The van der Waals surface area contributed by atoms with E-state index >= 15 is 0 Å². The van der Waals surface area contributed by atoms with Gasteiger partial charge in [0, 0.05) is 40.0 Å². The van der Waals surface area contributed by atoms with Crippen LogP contribution in [0.1, 0.15) is 0 Å². The minimum Gasteiger partial charge on any atom is -0.399 e. The molecule has 16 heavy (non-hydrogen) atoms. The van der Waals surface area contributed by atoms with Gasteiger partial charge in [-0.3, -0.25) is 0 Å². The predicted octanol–water partition coefficient (Wildman–Crippen LogP) is -1.46. The molecule has 0 rings (SSSR count). The highest BCUT2D eigenvalue weighted by atomic mass is 28.4. The predicted molar refractivity (Wildman–Crippen MR) is 62.9 cm³/mol. The van der Waals surface area contributed by atoms with E-state index in [-0.39, 0.29) is 18.7 Å². The van der Waals surface area contributed by atoms with Crippen molar-refractivity contribution in [1.29, 1.82) is 0 Å². The molecule has 0 aromatic rings. The van der Waals surface area contributed by atoms with Crippen molar-refractivity contribution in [3.63, 3.8) is 0 Å². The zero-order valence-electron chi connectivity index (χ0n) is 9.84. The van der Waals surface area contributed by atoms with Gasteiger partial charge in [0.1, 0.15) is 0 Å². The number of hydrogen-bond acceptors (Lipinski definition) is 6. The molecule has 6 nitrogen and oxygen atoms in total. The van der Waals surface area contributed by atoms with Gasteiger partial charge in [-0.05, 0) is 5.70 Å². The molecule has 0 heterocycles. The molecule has 0 aliphatic carbocycles. The van der Waals surface area contributed by atoms with Gasteiger partial charge in [-0.2, -0.15) is 0 Å². The van der Waals surface area contributed by atoms with Gasteiger partial charge < -0.3 is 28.6 Å². The first-order valence-electron chi connectivity index (χ1n) is 4.76. The summed E-state index contributed by atoms with van der Waals surface area (Å²) in [5, 5.41) is 27.5. The summed E-state index contributed by atoms with van der Waals surface area (Å²) in [5.41, 5.74) is 3.19. The van der Waals surface area contributed by atoms with Gasteiger partial charge in [0.2, 0.25) is 0 Å². The first kappa shape index (κ1) is 15.9. The summed E-state index contributed by atoms with van der Waals surface area (Å²) < 4.78 is 15.5. The highest BCUT2D eigenvalue weighted by molar-refractivity contribution is 6.85. The number of hydrogen-bond donors (Lipinski definition) is 3. The van der Waals surface area contributed by atoms with Crippen LogP contribution >= 0.6 is 0 Å². The first-order chi connectivity index (χ1) is 7.57. The second-order valence-corrected chi connectivity index (χ2v) is 10.2. The Morgan fingerprint density at radius 1 is 0.812 bits per heavy atom. The van der Waals surface area contributed by atoms with E-state index in [1.54, 1.807) is 11.4 Å². The molecule has 0 bridgehead atoms. The lowest BCUT2D eigenvalue weighted by atomic mass is 11.2. The maximum absolute atomic E-state index is 9.17. The van der Waals surface area contributed by atoms with Gasteiger partial charge in [0.25, 0.3) is 0 Å². The molecule has 0 aliphatic heterocycles. The normalized spacial score (nSPS) is 13.6.